The second kappa shape index (κ2) is 6.18. The molecule has 0 radical (unpaired) electrons. The van der Waals surface area contributed by atoms with Crippen molar-refractivity contribution in [3.05, 3.63) is 40.1 Å². The average molecular weight is 232 g/mol. The molecule has 17 heavy (non-hydrogen) atoms. The van der Waals surface area contributed by atoms with Gasteiger partial charge in [-0.05, 0) is 33.3 Å². The fourth-order valence-electron chi connectivity index (χ4n) is 1.55. The first-order valence-corrected chi connectivity index (χ1v) is 6.02. The fraction of sp³-hybridized carbons (Fsp3) is 0.429. The van der Waals surface area contributed by atoms with Gasteiger partial charge in [-0.2, -0.15) is 0 Å². The highest BCUT2D eigenvalue weighted by atomic mass is 16.1. The third-order valence-electron chi connectivity index (χ3n) is 2.46. The van der Waals surface area contributed by atoms with Crippen LogP contribution in [0, 0.1) is 0 Å². The quantitative estimate of drug-likeness (QED) is 0.798. The monoisotopic (exact) mass is 232 g/mol. The van der Waals surface area contributed by atoms with Crippen molar-refractivity contribution in [2.75, 3.05) is 0 Å². The molecule has 1 aromatic rings. The van der Waals surface area contributed by atoms with Crippen molar-refractivity contribution < 1.29 is 0 Å². The lowest BCUT2D eigenvalue weighted by Crippen LogP contribution is -2.25. The zero-order chi connectivity index (χ0) is 12.8. The summed E-state index contributed by atoms with van der Waals surface area (Å²) in [5.74, 6) is 0. The normalized spacial score (nSPS) is 12.1. The number of aromatic nitrogens is 2. The van der Waals surface area contributed by atoms with Gasteiger partial charge in [-0.3, -0.25) is 9.36 Å². The Morgan fingerprint density at radius 2 is 2.12 bits per heavy atom. The van der Waals surface area contributed by atoms with Crippen molar-refractivity contribution in [2.24, 2.45) is 0 Å². The van der Waals surface area contributed by atoms with Crippen molar-refractivity contribution in [3.8, 4) is 0 Å². The maximum Gasteiger partial charge on any atom is 0.261 e. The van der Waals surface area contributed by atoms with E-state index in [9.17, 15) is 4.79 Å². The Balaban J connectivity index is 3.42. The largest absolute Gasteiger partial charge is 0.296 e. The highest BCUT2D eigenvalue weighted by Crippen LogP contribution is 2.08. The summed E-state index contributed by atoms with van der Waals surface area (Å²) in [7, 11) is 0. The Hall–Kier alpha value is -1.64. The van der Waals surface area contributed by atoms with Crippen molar-refractivity contribution in [1.82, 2.24) is 9.55 Å². The lowest BCUT2D eigenvalue weighted by molar-refractivity contribution is 0.566. The first kappa shape index (κ1) is 13.4. The zero-order valence-corrected chi connectivity index (χ0v) is 11.0. The first-order chi connectivity index (χ1) is 8.11. The van der Waals surface area contributed by atoms with Crippen molar-refractivity contribution in [1.29, 1.82) is 0 Å². The van der Waals surface area contributed by atoms with Gasteiger partial charge < -0.3 is 0 Å². The molecule has 92 valence electrons. The molecule has 0 spiro atoms. The molecule has 0 aromatic carbocycles. The van der Waals surface area contributed by atoms with E-state index in [1.165, 1.54) is 0 Å². The molecule has 0 aliphatic heterocycles. The number of hydrogen-bond donors (Lipinski definition) is 0. The van der Waals surface area contributed by atoms with Gasteiger partial charge in [-0.15, -0.1) is 0 Å². The van der Waals surface area contributed by atoms with Crippen molar-refractivity contribution in [2.45, 2.75) is 40.2 Å². The van der Waals surface area contributed by atoms with E-state index in [2.05, 4.69) is 4.98 Å². The third-order valence-corrected chi connectivity index (χ3v) is 2.46. The lowest BCUT2D eigenvalue weighted by atomic mass is 10.2. The van der Waals surface area contributed by atoms with Crippen LogP contribution in [0.15, 0.2) is 23.3 Å². The Morgan fingerprint density at radius 3 is 2.65 bits per heavy atom. The molecule has 1 aromatic heterocycles. The van der Waals surface area contributed by atoms with E-state index >= 15 is 0 Å². The fourth-order valence-corrected chi connectivity index (χ4v) is 1.55. The summed E-state index contributed by atoms with van der Waals surface area (Å²) < 4.78 is 1.66. The summed E-state index contributed by atoms with van der Waals surface area (Å²) in [6.45, 7) is 7.92. The predicted octanol–water partition coefficient (Wildman–Crippen LogP) is 3.28. The van der Waals surface area contributed by atoms with Gasteiger partial charge in [0.15, 0.2) is 0 Å². The zero-order valence-electron chi connectivity index (χ0n) is 11.0. The topological polar surface area (TPSA) is 34.9 Å². The van der Waals surface area contributed by atoms with Crippen molar-refractivity contribution in [3.63, 3.8) is 0 Å². The van der Waals surface area contributed by atoms with Crippen LogP contribution in [0.5, 0.6) is 0 Å². The van der Waals surface area contributed by atoms with Crippen LogP contribution in [0.25, 0.3) is 12.2 Å². The van der Waals surface area contributed by atoms with E-state index in [0.29, 0.717) is 5.56 Å². The van der Waals surface area contributed by atoms with Crippen molar-refractivity contribution >= 4 is 12.2 Å². The second-order valence-electron chi connectivity index (χ2n) is 4.16. The van der Waals surface area contributed by atoms with Gasteiger partial charge in [0.25, 0.3) is 5.56 Å². The van der Waals surface area contributed by atoms with Crippen LogP contribution in [0.2, 0.25) is 0 Å². The molecule has 3 heteroatoms. The van der Waals surface area contributed by atoms with Crippen LogP contribution in [-0.2, 0) is 0 Å². The maximum absolute atomic E-state index is 12.2. The van der Waals surface area contributed by atoms with E-state index < -0.39 is 0 Å². The molecule has 0 unspecified atom stereocenters. The van der Waals surface area contributed by atoms with Gasteiger partial charge in [-0.25, -0.2) is 4.98 Å². The van der Waals surface area contributed by atoms with E-state index in [0.717, 1.165) is 12.1 Å². The number of nitrogens with zero attached hydrogens (tertiary/aromatic N) is 2. The maximum atomic E-state index is 12.2. The number of allylic oxidation sites excluding steroid dienone is 2. The Kier molecular flexibility index (Phi) is 4.88. The van der Waals surface area contributed by atoms with Crippen LogP contribution >= 0.6 is 0 Å². The molecule has 1 rings (SSSR count). The minimum atomic E-state index is 0.0211. The summed E-state index contributed by atoms with van der Waals surface area (Å²) in [6, 6.07) is 0.128. The molecule has 0 bridgehead atoms. The molecule has 0 N–H and O–H groups in total. The highest BCUT2D eigenvalue weighted by molar-refractivity contribution is 5.61. The highest BCUT2D eigenvalue weighted by Gasteiger charge is 2.08. The summed E-state index contributed by atoms with van der Waals surface area (Å²) in [6.07, 6.45) is 10.1. The molecule has 0 atom stereocenters. The molecule has 0 aliphatic carbocycles. The molecule has 0 amide bonds. The third kappa shape index (κ3) is 3.16. The summed E-state index contributed by atoms with van der Waals surface area (Å²) >= 11 is 0. The Morgan fingerprint density at radius 1 is 1.41 bits per heavy atom. The van der Waals surface area contributed by atoms with E-state index in [-0.39, 0.29) is 11.6 Å². The number of hydrogen-bond acceptors (Lipinski definition) is 2. The van der Waals surface area contributed by atoms with Gasteiger partial charge in [0.2, 0.25) is 0 Å². The minimum Gasteiger partial charge on any atom is -0.296 e. The molecule has 0 saturated heterocycles. The van der Waals surface area contributed by atoms with Crippen LogP contribution < -0.4 is 5.56 Å². The standard InChI is InChI=1S/C14H20N2O/c1-5-7-9-12-13(8-6-2)15-10-16(11(3)4)14(12)17/h6-11H,5H2,1-4H3/b8-6-,9-7-. The molecule has 0 fully saturated rings. The number of rotatable bonds is 4. The van der Waals surface area contributed by atoms with Gasteiger partial charge in [0.1, 0.15) is 0 Å². The van der Waals surface area contributed by atoms with Crippen LogP contribution in [-0.4, -0.2) is 9.55 Å². The Labute approximate surface area is 103 Å². The first-order valence-electron chi connectivity index (χ1n) is 6.02. The minimum absolute atomic E-state index is 0.0211. The SMILES string of the molecule is C/C=C\c1ncn(C(C)C)c(=O)c1/C=C\CC. The molecular formula is C14H20N2O. The van der Waals surface area contributed by atoms with E-state index in [1.54, 1.807) is 10.9 Å². The molecule has 3 nitrogen and oxygen atoms in total. The smallest absolute Gasteiger partial charge is 0.261 e. The van der Waals surface area contributed by atoms with Crippen LogP contribution in [0.4, 0.5) is 0 Å². The average Bonchev–Trinajstić information content (AvgIpc) is 2.28. The van der Waals surface area contributed by atoms with E-state index in [4.69, 9.17) is 0 Å². The lowest BCUT2D eigenvalue weighted by Gasteiger charge is -2.11. The molecule has 1 heterocycles. The second-order valence-corrected chi connectivity index (χ2v) is 4.16. The van der Waals surface area contributed by atoms with E-state index in [1.807, 2.05) is 52.0 Å². The van der Waals surface area contributed by atoms with Gasteiger partial charge in [0, 0.05) is 6.04 Å². The summed E-state index contributed by atoms with van der Waals surface area (Å²) in [5, 5.41) is 0. The molecule has 0 saturated carbocycles. The predicted molar refractivity (Wildman–Crippen MR) is 72.9 cm³/mol. The summed E-state index contributed by atoms with van der Waals surface area (Å²) in [5.41, 5.74) is 1.42. The summed E-state index contributed by atoms with van der Waals surface area (Å²) in [4.78, 5) is 16.6. The van der Waals surface area contributed by atoms with Crippen LogP contribution in [0.3, 0.4) is 0 Å². The Bertz CT molecular complexity index is 481. The van der Waals surface area contributed by atoms with Gasteiger partial charge in [-0.1, -0.05) is 25.2 Å². The van der Waals surface area contributed by atoms with Crippen LogP contribution in [0.1, 0.15) is 51.4 Å². The molecule has 0 aliphatic rings. The van der Waals surface area contributed by atoms with Gasteiger partial charge >= 0.3 is 0 Å². The van der Waals surface area contributed by atoms with Gasteiger partial charge in [0.05, 0.1) is 17.6 Å². The molecular weight excluding hydrogens is 212 g/mol.